The maximum atomic E-state index is 11.9. The van der Waals surface area contributed by atoms with E-state index in [-0.39, 0.29) is 12.1 Å². The average molecular weight is 291 g/mol. The Kier molecular flexibility index (Phi) is 5.44. The molecule has 1 aliphatic rings. The second-order valence-electron chi connectivity index (χ2n) is 5.79. The monoisotopic (exact) mass is 291 g/mol. The van der Waals surface area contributed by atoms with E-state index >= 15 is 0 Å². The van der Waals surface area contributed by atoms with Crippen LogP contribution in [0, 0.1) is 0 Å². The molecular formula is C16H25N3O2. The van der Waals surface area contributed by atoms with Crippen LogP contribution in [0.5, 0.6) is 5.75 Å². The largest absolute Gasteiger partial charge is 0.487 e. The van der Waals surface area contributed by atoms with E-state index < -0.39 is 0 Å². The number of hydrogen-bond donors (Lipinski definition) is 1. The van der Waals surface area contributed by atoms with Crippen LogP contribution in [0.15, 0.2) is 30.3 Å². The second-order valence-corrected chi connectivity index (χ2v) is 5.79. The summed E-state index contributed by atoms with van der Waals surface area (Å²) in [5.41, 5.74) is 0. The van der Waals surface area contributed by atoms with Crippen molar-refractivity contribution in [1.29, 1.82) is 0 Å². The van der Waals surface area contributed by atoms with Crippen LogP contribution in [-0.4, -0.2) is 61.7 Å². The number of urea groups is 1. The van der Waals surface area contributed by atoms with Gasteiger partial charge in [-0.1, -0.05) is 18.2 Å². The molecule has 0 radical (unpaired) electrons. The van der Waals surface area contributed by atoms with Crippen LogP contribution >= 0.6 is 0 Å². The molecule has 21 heavy (non-hydrogen) atoms. The fourth-order valence-corrected chi connectivity index (χ4v) is 2.13. The summed E-state index contributed by atoms with van der Waals surface area (Å²) in [6.45, 7) is 4.17. The smallest absolute Gasteiger partial charge is 0.317 e. The lowest BCUT2D eigenvalue weighted by Gasteiger charge is -2.38. The molecule has 0 spiro atoms. The molecule has 1 aliphatic heterocycles. The van der Waals surface area contributed by atoms with E-state index in [2.05, 4.69) is 17.1 Å². The fraction of sp³-hybridized carbons (Fsp3) is 0.562. The van der Waals surface area contributed by atoms with Crippen molar-refractivity contribution in [3.05, 3.63) is 30.3 Å². The van der Waals surface area contributed by atoms with E-state index in [1.54, 1.807) is 4.90 Å². The van der Waals surface area contributed by atoms with Gasteiger partial charge in [-0.05, 0) is 39.6 Å². The van der Waals surface area contributed by atoms with Crippen LogP contribution in [0.2, 0.25) is 0 Å². The zero-order valence-corrected chi connectivity index (χ0v) is 13.1. The molecular weight excluding hydrogens is 266 g/mol. The predicted molar refractivity (Wildman–Crippen MR) is 83.6 cm³/mol. The summed E-state index contributed by atoms with van der Waals surface area (Å²) in [5, 5.41) is 2.96. The maximum absolute atomic E-state index is 11.9. The Morgan fingerprint density at radius 1 is 1.38 bits per heavy atom. The first-order valence-corrected chi connectivity index (χ1v) is 7.47. The first-order valence-electron chi connectivity index (χ1n) is 7.47. The third-order valence-electron chi connectivity index (χ3n) is 3.90. The van der Waals surface area contributed by atoms with Crippen molar-refractivity contribution in [3.8, 4) is 5.75 Å². The molecule has 0 saturated carbocycles. The number of ether oxygens (including phenoxy) is 1. The number of amides is 2. The van der Waals surface area contributed by atoms with Gasteiger partial charge in [0.05, 0.1) is 13.1 Å². The Balaban J connectivity index is 1.62. The zero-order valence-electron chi connectivity index (χ0n) is 13.1. The molecule has 5 nitrogen and oxygen atoms in total. The van der Waals surface area contributed by atoms with Gasteiger partial charge < -0.3 is 19.9 Å². The lowest BCUT2D eigenvalue weighted by atomic mass is 10.2. The van der Waals surface area contributed by atoms with E-state index in [1.807, 2.05) is 44.4 Å². The minimum atomic E-state index is 0.00821. The second kappa shape index (κ2) is 7.31. The lowest BCUT2D eigenvalue weighted by molar-refractivity contribution is 0.0443. The molecule has 1 N–H and O–H groups in total. The van der Waals surface area contributed by atoms with Crippen LogP contribution in [-0.2, 0) is 0 Å². The van der Waals surface area contributed by atoms with Crippen LogP contribution in [0.3, 0.4) is 0 Å². The number of carbonyl (C=O) groups is 1. The molecule has 0 aromatic heterocycles. The zero-order chi connectivity index (χ0) is 15.2. The van der Waals surface area contributed by atoms with Crippen molar-refractivity contribution in [1.82, 2.24) is 15.1 Å². The Hall–Kier alpha value is -1.75. The van der Waals surface area contributed by atoms with Crippen LogP contribution in [0.1, 0.15) is 13.3 Å². The summed E-state index contributed by atoms with van der Waals surface area (Å²) in [6, 6.07) is 10.2. The summed E-state index contributed by atoms with van der Waals surface area (Å²) in [7, 11) is 4.10. The lowest BCUT2D eigenvalue weighted by Crippen LogP contribution is -2.59. The number of nitrogens with zero attached hydrogens (tertiary/aromatic N) is 2. The number of rotatable bonds is 6. The van der Waals surface area contributed by atoms with E-state index in [0.29, 0.717) is 25.7 Å². The van der Waals surface area contributed by atoms with Crippen molar-refractivity contribution < 1.29 is 9.53 Å². The highest BCUT2D eigenvalue weighted by atomic mass is 16.5. The van der Waals surface area contributed by atoms with Crippen molar-refractivity contribution in [2.45, 2.75) is 25.5 Å². The van der Waals surface area contributed by atoms with Crippen LogP contribution in [0.4, 0.5) is 4.79 Å². The van der Waals surface area contributed by atoms with E-state index in [0.717, 1.165) is 12.2 Å². The molecule has 2 amide bonds. The van der Waals surface area contributed by atoms with Gasteiger partial charge in [-0.25, -0.2) is 4.79 Å². The topological polar surface area (TPSA) is 44.8 Å². The van der Waals surface area contributed by atoms with E-state index in [1.165, 1.54) is 0 Å². The first-order chi connectivity index (χ1) is 10.1. The van der Waals surface area contributed by atoms with Crippen molar-refractivity contribution in [2.24, 2.45) is 0 Å². The molecule has 2 rings (SSSR count). The number of likely N-dealkylation sites (tertiary alicyclic amines) is 1. The molecule has 1 saturated heterocycles. The Morgan fingerprint density at radius 2 is 2.05 bits per heavy atom. The average Bonchev–Trinajstić information content (AvgIpc) is 2.43. The molecule has 116 valence electrons. The van der Waals surface area contributed by atoms with E-state index in [9.17, 15) is 4.79 Å². The van der Waals surface area contributed by atoms with Gasteiger partial charge in [0.25, 0.3) is 0 Å². The number of benzene rings is 1. The standard InChI is InChI=1S/C16H25N3O2/c1-13(18(2)3)9-10-17-16(20)19-11-15(12-19)21-14-7-5-4-6-8-14/h4-8,13,15H,9-12H2,1-3H3,(H,17,20). The third-order valence-corrected chi connectivity index (χ3v) is 3.90. The van der Waals surface area contributed by atoms with Gasteiger partial charge in [-0.15, -0.1) is 0 Å². The summed E-state index contributed by atoms with van der Waals surface area (Å²) in [6.07, 6.45) is 1.06. The minimum absolute atomic E-state index is 0.00821. The molecule has 5 heteroatoms. The summed E-state index contributed by atoms with van der Waals surface area (Å²) in [4.78, 5) is 15.9. The molecule has 1 fully saturated rings. The molecule has 0 aliphatic carbocycles. The SMILES string of the molecule is CC(CCNC(=O)N1CC(Oc2ccccc2)C1)N(C)C. The Bertz CT molecular complexity index is 444. The molecule has 0 bridgehead atoms. The van der Waals surface area contributed by atoms with Crippen molar-refractivity contribution in [3.63, 3.8) is 0 Å². The minimum Gasteiger partial charge on any atom is -0.487 e. The normalized spacial score (nSPS) is 16.5. The van der Waals surface area contributed by atoms with Gasteiger partial charge in [0.1, 0.15) is 11.9 Å². The Morgan fingerprint density at radius 3 is 2.67 bits per heavy atom. The highest BCUT2D eigenvalue weighted by Gasteiger charge is 2.32. The van der Waals surface area contributed by atoms with Gasteiger partial charge in [0, 0.05) is 12.6 Å². The van der Waals surface area contributed by atoms with Gasteiger partial charge >= 0.3 is 6.03 Å². The molecule has 1 aromatic carbocycles. The van der Waals surface area contributed by atoms with Crippen molar-refractivity contribution >= 4 is 6.03 Å². The van der Waals surface area contributed by atoms with Gasteiger partial charge in [-0.2, -0.15) is 0 Å². The first kappa shape index (κ1) is 15.6. The number of hydrogen-bond acceptors (Lipinski definition) is 3. The molecule has 1 atom stereocenters. The summed E-state index contributed by atoms with van der Waals surface area (Å²) < 4.78 is 5.78. The van der Waals surface area contributed by atoms with Crippen molar-refractivity contribution in [2.75, 3.05) is 33.7 Å². The van der Waals surface area contributed by atoms with Crippen LogP contribution in [0.25, 0.3) is 0 Å². The van der Waals surface area contributed by atoms with Gasteiger partial charge in [0.15, 0.2) is 0 Å². The molecule has 1 unspecified atom stereocenters. The van der Waals surface area contributed by atoms with Gasteiger partial charge in [-0.3, -0.25) is 0 Å². The maximum Gasteiger partial charge on any atom is 0.317 e. The van der Waals surface area contributed by atoms with Crippen LogP contribution < -0.4 is 10.1 Å². The summed E-state index contributed by atoms with van der Waals surface area (Å²) in [5.74, 6) is 0.863. The predicted octanol–water partition coefficient (Wildman–Crippen LogP) is 1.80. The van der Waals surface area contributed by atoms with E-state index in [4.69, 9.17) is 4.74 Å². The third kappa shape index (κ3) is 4.63. The summed E-state index contributed by atoms with van der Waals surface area (Å²) >= 11 is 0. The Labute approximate surface area is 126 Å². The highest BCUT2D eigenvalue weighted by Crippen LogP contribution is 2.17. The highest BCUT2D eigenvalue weighted by molar-refractivity contribution is 5.75. The van der Waals surface area contributed by atoms with Gasteiger partial charge in [0.2, 0.25) is 0 Å². The number of carbonyl (C=O) groups excluding carboxylic acids is 1. The molecule has 1 aromatic rings. The number of nitrogens with one attached hydrogen (secondary N) is 1. The molecule has 1 heterocycles. The quantitative estimate of drug-likeness (QED) is 0.869. The fourth-order valence-electron chi connectivity index (χ4n) is 2.13. The number of para-hydroxylation sites is 1.